The number of carbonyl (C=O) groups is 2. The quantitative estimate of drug-likeness (QED) is 0.607. The molecular weight excluding hydrogens is 144 g/mol. The molecule has 1 aliphatic rings. The Labute approximate surface area is 64.0 Å². The zero-order valence-electron chi connectivity index (χ0n) is 5.91. The zero-order chi connectivity index (χ0) is 8.27. The first-order chi connectivity index (χ1) is 5.20. The van der Waals surface area contributed by atoms with Crippen LogP contribution >= 0.6 is 0 Å². The van der Waals surface area contributed by atoms with E-state index in [1.165, 1.54) is 6.08 Å². The van der Waals surface area contributed by atoms with Gasteiger partial charge in [-0.05, 0) is 0 Å². The molecule has 0 fully saturated rings. The smallest absolute Gasteiger partial charge is 0.332 e. The monoisotopic (exact) mass is 152 g/mol. The summed E-state index contributed by atoms with van der Waals surface area (Å²) < 4.78 is 0. The molecule has 0 atom stereocenters. The topological polar surface area (TPSA) is 54.4 Å². The van der Waals surface area contributed by atoms with E-state index < -0.39 is 5.97 Å². The minimum Gasteiger partial charge on any atom is -0.478 e. The van der Waals surface area contributed by atoms with E-state index in [4.69, 9.17) is 5.11 Å². The second-order valence-electron chi connectivity index (χ2n) is 2.34. The Morgan fingerprint density at radius 2 is 2.27 bits per heavy atom. The first kappa shape index (κ1) is 7.72. The van der Waals surface area contributed by atoms with Gasteiger partial charge >= 0.3 is 5.97 Å². The Kier molecular flexibility index (Phi) is 2.21. The van der Waals surface area contributed by atoms with Crippen molar-refractivity contribution in [1.82, 2.24) is 0 Å². The number of Topliss-reactive ketones (excluding diaryl/α,β-unsaturated/α-hetero) is 1. The van der Waals surface area contributed by atoms with E-state index in [1.807, 2.05) is 0 Å². The number of hydrogen-bond donors (Lipinski definition) is 1. The molecule has 0 aromatic carbocycles. The predicted molar refractivity (Wildman–Crippen MR) is 39.1 cm³/mol. The van der Waals surface area contributed by atoms with Gasteiger partial charge in [0.1, 0.15) is 5.78 Å². The van der Waals surface area contributed by atoms with Crippen molar-refractivity contribution in [2.75, 3.05) is 0 Å². The molecule has 0 aromatic heterocycles. The molecule has 0 spiro atoms. The third kappa shape index (κ3) is 2.04. The summed E-state index contributed by atoms with van der Waals surface area (Å²) in [5.41, 5.74) is 0.170. The molecule has 0 heterocycles. The van der Waals surface area contributed by atoms with Crippen LogP contribution in [0.3, 0.4) is 0 Å². The second kappa shape index (κ2) is 3.14. The summed E-state index contributed by atoms with van der Waals surface area (Å²) in [5, 5.41) is 8.53. The first-order valence-electron chi connectivity index (χ1n) is 3.31. The summed E-state index contributed by atoms with van der Waals surface area (Å²) in [5.74, 6) is -1.06. The van der Waals surface area contributed by atoms with E-state index >= 15 is 0 Å². The maximum absolute atomic E-state index is 10.8. The lowest BCUT2D eigenvalue weighted by Gasteiger charge is -1.95. The number of hydrogen-bond acceptors (Lipinski definition) is 2. The van der Waals surface area contributed by atoms with Crippen LogP contribution in [0.25, 0.3) is 0 Å². The lowest BCUT2D eigenvalue weighted by Crippen LogP contribution is -2.05. The molecular formula is C8H8O3. The van der Waals surface area contributed by atoms with Gasteiger partial charge in [-0.25, -0.2) is 4.79 Å². The highest BCUT2D eigenvalue weighted by atomic mass is 16.4. The van der Waals surface area contributed by atoms with E-state index in [9.17, 15) is 9.59 Å². The molecule has 1 aliphatic carbocycles. The van der Waals surface area contributed by atoms with Crippen molar-refractivity contribution in [3.05, 3.63) is 23.8 Å². The summed E-state index contributed by atoms with van der Waals surface area (Å²) in [6, 6.07) is 0. The highest BCUT2D eigenvalue weighted by Crippen LogP contribution is 2.09. The number of allylic oxidation sites excluding steroid dienone is 3. The second-order valence-corrected chi connectivity index (χ2v) is 2.34. The van der Waals surface area contributed by atoms with Gasteiger partial charge in [0.2, 0.25) is 0 Å². The molecule has 58 valence electrons. The Morgan fingerprint density at radius 3 is 2.91 bits per heavy atom. The van der Waals surface area contributed by atoms with Crippen LogP contribution < -0.4 is 0 Å². The van der Waals surface area contributed by atoms with E-state index in [-0.39, 0.29) is 17.8 Å². The summed E-state index contributed by atoms with van der Waals surface area (Å²) >= 11 is 0. The van der Waals surface area contributed by atoms with Gasteiger partial charge in [-0.15, -0.1) is 0 Å². The van der Waals surface area contributed by atoms with Gasteiger partial charge in [0.15, 0.2) is 0 Å². The van der Waals surface area contributed by atoms with Gasteiger partial charge in [-0.2, -0.15) is 0 Å². The largest absolute Gasteiger partial charge is 0.478 e. The Hall–Kier alpha value is -1.38. The van der Waals surface area contributed by atoms with Crippen LogP contribution in [0.15, 0.2) is 23.8 Å². The van der Waals surface area contributed by atoms with Crippen LogP contribution in [-0.4, -0.2) is 16.9 Å². The number of ketones is 1. The molecule has 0 aromatic rings. The molecule has 0 saturated carbocycles. The minimum atomic E-state index is -1.01. The van der Waals surface area contributed by atoms with Crippen LogP contribution in [0.2, 0.25) is 0 Å². The Morgan fingerprint density at radius 1 is 1.55 bits per heavy atom. The van der Waals surface area contributed by atoms with Crippen molar-refractivity contribution in [1.29, 1.82) is 0 Å². The van der Waals surface area contributed by atoms with Crippen molar-refractivity contribution in [2.24, 2.45) is 0 Å². The average molecular weight is 152 g/mol. The van der Waals surface area contributed by atoms with Crippen molar-refractivity contribution < 1.29 is 14.7 Å². The number of carboxylic acids is 1. The highest BCUT2D eigenvalue weighted by molar-refractivity contribution is 5.96. The highest BCUT2D eigenvalue weighted by Gasteiger charge is 2.12. The molecule has 0 unspecified atom stereocenters. The third-order valence-corrected chi connectivity index (χ3v) is 1.44. The fraction of sp³-hybridized carbons (Fsp3) is 0.250. The molecule has 1 N–H and O–H groups in total. The van der Waals surface area contributed by atoms with Crippen LogP contribution in [0.1, 0.15) is 12.8 Å². The fourth-order valence-electron chi connectivity index (χ4n) is 0.874. The average Bonchev–Trinajstić information content (AvgIpc) is 2.13. The van der Waals surface area contributed by atoms with E-state index in [1.54, 1.807) is 12.2 Å². The first-order valence-corrected chi connectivity index (χ1v) is 3.31. The van der Waals surface area contributed by atoms with Gasteiger partial charge in [0, 0.05) is 18.4 Å². The third-order valence-electron chi connectivity index (χ3n) is 1.44. The molecule has 0 bridgehead atoms. The Bertz CT molecular complexity index is 248. The van der Waals surface area contributed by atoms with Crippen molar-refractivity contribution in [2.45, 2.75) is 12.8 Å². The maximum Gasteiger partial charge on any atom is 0.332 e. The summed E-state index contributed by atoms with van der Waals surface area (Å²) in [7, 11) is 0. The molecule has 1 rings (SSSR count). The van der Waals surface area contributed by atoms with Crippen LogP contribution in [0.5, 0.6) is 0 Å². The van der Waals surface area contributed by atoms with Crippen LogP contribution in [0, 0.1) is 0 Å². The maximum atomic E-state index is 10.8. The zero-order valence-corrected chi connectivity index (χ0v) is 5.91. The summed E-state index contributed by atoms with van der Waals surface area (Å²) in [4.78, 5) is 21.2. The van der Waals surface area contributed by atoms with Crippen LogP contribution in [0.4, 0.5) is 0 Å². The van der Waals surface area contributed by atoms with Crippen molar-refractivity contribution in [3.63, 3.8) is 0 Å². The van der Waals surface area contributed by atoms with E-state index in [0.717, 1.165) is 0 Å². The standard InChI is InChI=1S/C8H8O3/c9-7-4-2-1-3-6(5-7)8(10)11/h1-3H,4-5H2,(H,10,11). The molecule has 3 heteroatoms. The molecule has 0 aliphatic heterocycles. The van der Waals surface area contributed by atoms with Crippen molar-refractivity contribution >= 4 is 11.8 Å². The van der Waals surface area contributed by atoms with Gasteiger partial charge in [-0.3, -0.25) is 4.79 Å². The van der Waals surface area contributed by atoms with E-state index in [0.29, 0.717) is 6.42 Å². The van der Waals surface area contributed by atoms with Gasteiger partial charge in [0.05, 0.1) is 0 Å². The molecule has 3 nitrogen and oxygen atoms in total. The van der Waals surface area contributed by atoms with Gasteiger partial charge in [0.25, 0.3) is 0 Å². The fourth-order valence-corrected chi connectivity index (χ4v) is 0.874. The summed E-state index contributed by atoms with van der Waals surface area (Å²) in [6.45, 7) is 0. The molecule has 0 saturated heterocycles. The molecule has 0 radical (unpaired) electrons. The SMILES string of the molecule is O=C1CC=CC=C(C(=O)O)C1. The van der Waals surface area contributed by atoms with Gasteiger partial charge in [-0.1, -0.05) is 18.2 Å². The lowest BCUT2D eigenvalue weighted by atomic mass is 10.1. The normalized spacial score (nSPS) is 17.5. The van der Waals surface area contributed by atoms with Crippen LogP contribution in [-0.2, 0) is 9.59 Å². The minimum absolute atomic E-state index is 0.0440. The number of carboxylic acid groups (broad SMARTS) is 1. The van der Waals surface area contributed by atoms with Gasteiger partial charge < -0.3 is 5.11 Å². The number of carbonyl (C=O) groups excluding carboxylic acids is 1. The summed E-state index contributed by atoms with van der Waals surface area (Å²) in [6.07, 6.45) is 5.12. The number of aliphatic carboxylic acids is 1. The lowest BCUT2D eigenvalue weighted by molar-refractivity contribution is -0.133. The molecule has 11 heavy (non-hydrogen) atoms. The Balaban J connectivity index is 2.80. The molecule has 0 amide bonds. The predicted octanol–water partition coefficient (Wildman–Crippen LogP) is 0.916. The van der Waals surface area contributed by atoms with Crippen molar-refractivity contribution in [3.8, 4) is 0 Å². The number of rotatable bonds is 1. The van der Waals surface area contributed by atoms with E-state index in [2.05, 4.69) is 0 Å².